The van der Waals surface area contributed by atoms with E-state index in [0.717, 1.165) is 16.3 Å². The highest BCUT2D eigenvalue weighted by molar-refractivity contribution is 6.31. The van der Waals surface area contributed by atoms with Crippen molar-refractivity contribution in [2.24, 2.45) is 4.99 Å². The number of aliphatic hydroxyl groups excluding tert-OH is 1. The number of hydrogen-bond donors (Lipinski definition) is 3. The van der Waals surface area contributed by atoms with Crippen LogP contribution in [-0.4, -0.2) is 39.1 Å². The van der Waals surface area contributed by atoms with Crippen molar-refractivity contribution in [3.05, 3.63) is 75.3 Å². The van der Waals surface area contributed by atoms with Crippen molar-refractivity contribution < 1.29 is 14.6 Å². The number of aromatic nitrogens is 3. The van der Waals surface area contributed by atoms with Gasteiger partial charge in [0.15, 0.2) is 11.5 Å². The van der Waals surface area contributed by atoms with Gasteiger partial charge in [0.2, 0.25) is 0 Å². The summed E-state index contributed by atoms with van der Waals surface area (Å²) < 4.78 is 11.4. The zero-order valence-corrected chi connectivity index (χ0v) is 18.6. The van der Waals surface area contributed by atoms with Crippen molar-refractivity contribution >= 4 is 40.3 Å². The van der Waals surface area contributed by atoms with Crippen LogP contribution in [0.15, 0.2) is 47.6 Å². The smallest absolute Gasteiger partial charge is 0.163 e. The Morgan fingerprint density at radius 3 is 2.88 bits per heavy atom. The molecule has 2 atom stereocenters. The molecular weight excluding hydrogens is 451 g/mol. The van der Waals surface area contributed by atoms with Crippen LogP contribution in [0, 0.1) is 0 Å². The van der Waals surface area contributed by atoms with Crippen molar-refractivity contribution in [1.29, 1.82) is 0 Å². The third-order valence-electron chi connectivity index (χ3n) is 5.38. The first-order chi connectivity index (χ1) is 15.5. The molecule has 0 fully saturated rings. The molecule has 0 saturated carbocycles. The van der Waals surface area contributed by atoms with Gasteiger partial charge in [-0.05, 0) is 18.2 Å². The van der Waals surface area contributed by atoms with Crippen molar-refractivity contribution in [2.75, 3.05) is 13.7 Å². The summed E-state index contributed by atoms with van der Waals surface area (Å²) in [7, 11) is 1.54. The van der Waals surface area contributed by atoms with Crippen LogP contribution in [0.25, 0.3) is 17.1 Å². The van der Waals surface area contributed by atoms with Crippen LogP contribution >= 0.6 is 23.2 Å². The van der Waals surface area contributed by atoms with Crippen LogP contribution in [0.5, 0.6) is 11.5 Å². The lowest BCUT2D eigenvalue weighted by Crippen LogP contribution is -2.33. The molecule has 3 heterocycles. The number of halogens is 2. The standard InChI is InChI=1S/C23H20Cl2N4O3/c1-31-19-7-14(22(30)15-10-27-23-13(15)6-12(24)9-26-23)16(25)8-20(19)32-11-21-28-17-4-2-3-5-18(17)29-21/h2-8,10,12,22,30H,9,11H2,1H3,(H,26,27)(H,28,29). The summed E-state index contributed by atoms with van der Waals surface area (Å²) >= 11 is 12.8. The number of rotatable bonds is 6. The van der Waals surface area contributed by atoms with E-state index in [9.17, 15) is 5.11 Å². The zero-order valence-electron chi connectivity index (χ0n) is 17.1. The Balaban J connectivity index is 1.43. The Morgan fingerprint density at radius 1 is 1.22 bits per heavy atom. The van der Waals surface area contributed by atoms with E-state index in [1.54, 1.807) is 18.3 Å². The Morgan fingerprint density at radius 2 is 2.06 bits per heavy atom. The molecule has 0 spiro atoms. The number of methoxy groups -OCH3 is 1. The van der Waals surface area contributed by atoms with Crippen LogP contribution in [0.4, 0.5) is 0 Å². The fourth-order valence-electron chi connectivity index (χ4n) is 3.80. The van der Waals surface area contributed by atoms with Crippen LogP contribution in [-0.2, 0) is 6.61 Å². The fraction of sp³-hybridized carbons (Fsp3) is 0.217. The number of H-pyrrole nitrogens is 2. The maximum atomic E-state index is 11.1. The van der Waals surface area contributed by atoms with Crippen LogP contribution in [0.1, 0.15) is 23.1 Å². The monoisotopic (exact) mass is 470 g/mol. The SMILES string of the molecule is COc1cc(C(O)c2c[nH]c3c2=CC(Cl)CN=3)c(Cl)cc1OCc1nc2ccccc2[nH]1. The number of hydrogen-bond acceptors (Lipinski definition) is 5. The molecule has 0 aliphatic carbocycles. The van der Waals surface area contributed by atoms with Crippen LogP contribution in [0.2, 0.25) is 5.02 Å². The first-order valence-corrected chi connectivity index (χ1v) is 10.8. The Kier molecular flexibility index (Phi) is 5.55. The largest absolute Gasteiger partial charge is 0.493 e. The van der Waals surface area contributed by atoms with Gasteiger partial charge in [-0.1, -0.05) is 29.8 Å². The molecule has 0 bridgehead atoms. The molecule has 2 aromatic heterocycles. The number of aliphatic hydroxyl groups is 1. The highest BCUT2D eigenvalue weighted by Crippen LogP contribution is 2.37. The number of para-hydroxylation sites is 2. The van der Waals surface area contributed by atoms with E-state index in [-0.39, 0.29) is 12.0 Å². The molecule has 32 heavy (non-hydrogen) atoms. The summed E-state index contributed by atoms with van der Waals surface area (Å²) in [4.78, 5) is 15.2. The number of benzene rings is 2. The summed E-state index contributed by atoms with van der Waals surface area (Å²) in [5.74, 6) is 1.59. The van der Waals surface area contributed by atoms with Gasteiger partial charge in [-0.2, -0.15) is 0 Å². The van der Waals surface area contributed by atoms with Gasteiger partial charge in [0.25, 0.3) is 0 Å². The third kappa shape index (κ3) is 3.83. The number of aromatic amines is 2. The summed E-state index contributed by atoms with van der Waals surface area (Å²) in [5.41, 5.74) is 3.64. The average Bonchev–Trinajstić information content (AvgIpc) is 3.40. The number of nitrogens with zero attached hydrogens (tertiary/aromatic N) is 2. The molecule has 4 aromatic rings. The maximum Gasteiger partial charge on any atom is 0.163 e. The lowest BCUT2D eigenvalue weighted by Gasteiger charge is -2.17. The van der Waals surface area contributed by atoms with Gasteiger partial charge in [0.1, 0.15) is 24.0 Å². The van der Waals surface area contributed by atoms with Gasteiger partial charge in [0.05, 0.1) is 35.1 Å². The Bertz CT molecular complexity index is 1380. The molecular formula is C23H20Cl2N4O3. The predicted octanol–water partition coefficient (Wildman–Crippen LogP) is 3.23. The van der Waals surface area contributed by atoms with E-state index in [1.807, 2.05) is 30.3 Å². The van der Waals surface area contributed by atoms with E-state index >= 15 is 0 Å². The molecule has 0 amide bonds. The van der Waals surface area contributed by atoms with E-state index < -0.39 is 6.10 Å². The highest BCUT2D eigenvalue weighted by atomic mass is 35.5. The van der Waals surface area contributed by atoms with Crippen molar-refractivity contribution in [3.63, 3.8) is 0 Å². The van der Waals surface area contributed by atoms with Gasteiger partial charge >= 0.3 is 0 Å². The zero-order chi connectivity index (χ0) is 22.2. The van der Waals surface area contributed by atoms with E-state index in [2.05, 4.69) is 19.9 Å². The second-order valence-electron chi connectivity index (χ2n) is 7.45. The number of nitrogens with one attached hydrogen (secondary N) is 2. The van der Waals surface area contributed by atoms with Crippen LogP contribution < -0.4 is 20.2 Å². The van der Waals surface area contributed by atoms with Gasteiger partial charge in [0, 0.05) is 28.6 Å². The molecule has 5 rings (SSSR count). The molecule has 2 unspecified atom stereocenters. The van der Waals surface area contributed by atoms with Gasteiger partial charge in [-0.3, -0.25) is 4.99 Å². The Labute approximate surface area is 193 Å². The van der Waals surface area contributed by atoms with Gasteiger partial charge in [-0.25, -0.2) is 4.98 Å². The van der Waals surface area contributed by atoms with E-state index in [1.165, 1.54) is 7.11 Å². The molecule has 164 valence electrons. The molecule has 7 nitrogen and oxygen atoms in total. The summed E-state index contributed by atoms with van der Waals surface area (Å²) in [6, 6.07) is 11.1. The normalized spacial score (nSPS) is 16.2. The minimum absolute atomic E-state index is 0.210. The number of imidazole rings is 1. The van der Waals surface area contributed by atoms with Crippen LogP contribution in [0.3, 0.4) is 0 Å². The van der Waals surface area contributed by atoms with E-state index in [4.69, 9.17) is 32.7 Å². The summed E-state index contributed by atoms with van der Waals surface area (Å²) in [6.45, 7) is 0.707. The molecule has 0 saturated heterocycles. The molecule has 0 radical (unpaired) electrons. The topological polar surface area (TPSA) is 95.5 Å². The van der Waals surface area contributed by atoms with Gasteiger partial charge < -0.3 is 24.5 Å². The first-order valence-electron chi connectivity index (χ1n) is 10.0. The van der Waals surface area contributed by atoms with Gasteiger partial charge in [-0.15, -0.1) is 11.6 Å². The molecule has 9 heteroatoms. The minimum atomic E-state index is -0.991. The summed E-state index contributed by atoms with van der Waals surface area (Å²) in [5, 5.41) is 12.0. The lowest BCUT2D eigenvalue weighted by atomic mass is 10.0. The average molecular weight is 471 g/mol. The van der Waals surface area contributed by atoms with Crippen molar-refractivity contribution in [1.82, 2.24) is 15.0 Å². The minimum Gasteiger partial charge on any atom is -0.493 e. The second-order valence-corrected chi connectivity index (χ2v) is 8.41. The van der Waals surface area contributed by atoms with Crippen molar-refractivity contribution in [3.8, 4) is 11.5 Å². The Hall–Kier alpha value is -3.00. The first kappa shape index (κ1) is 20.9. The predicted molar refractivity (Wildman–Crippen MR) is 123 cm³/mol. The lowest BCUT2D eigenvalue weighted by molar-refractivity contribution is 0.218. The molecule has 2 aromatic carbocycles. The molecule has 1 aliphatic rings. The third-order valence-corrected chi connectivity index (χ3v) is 5.97. The molecule has 3 N–H and O–H groups in total. The number of fused-ring (bicyclic) bond motifs is 2. The maximum absolute atomic E-state index is 11.1. The quantitative estimate of drug-likeness (QED) is 0.377. The number of alkyl halides is 1. The van der Waals surface area contributed by atoms with Crippen molar-refractivity contribution in [2.45, 2.75) is 18.1 Å². The summed E-state index contributed by atoms with van der Waals surface area (Å²) in [6.07, 6.45) is 2.61. The highest BCUT2D eigenvalue weighted by Gasteiger charge is 2.22. The number of ether oxygens (including phenoxy) is 2. The second kappa shape index (κ2) is 8.50. The van der Waals surface area contributed by atoms with E-state index in [0.29, 0.717) is 45.5 Å². The molecule has 1 aliphatic heterocycles. The fourth-order valence-corrected chi connectivity index (χ4v) is 4.25.